The number of carbonyl (C=O) groups is 4. The van der Waals surface area contributed by atoms with Gasteiger partial charge in [-0.1, -0.05) is 0 Å². The number of anilines is 1. The number of nitrogens with one attached hydrogen (secondary N) is 2. The molecule has 2 aliphatic rings. The van der Waals surface area contributed by atoms with E-state index in [1.807, 2.05) is 0 Å². The van der Waals surface area contributed by atoms with Gasteiger partial charge < -0.3 is 4.42 Å². The molecule has 30 heavy (non-hydrogen) atoms. The van der Waals surface area contributed by atoms with Crippen LogP contribution in [0.5, 0.6) is 0 Å². The van der Waals surface area contributed by atoms with Gasteiger partial charge in [0.1, 0.15) is 22.5 Å². The highest BCUT2D eigenvalue weighted by Gasteiger charge is 2.44. The maximum Gasteiger partial charge on any atom is 0.265 e. The summed E-state index contributed by atoms with van der Waals surface area (Å²) in [5.41, 5.74) is 0.117. The molecule has 1 aromatic heterocycles. The highest BCUT2D eigenvalue weighted by atomic mass is 32.2. The minimum atomic E-state index is -3.98. The van der Waals surface area contributed by atoms with Crippen molar-refractivity contribution in [2.75, 3.05) is 4.72 Å². The van der Waals surface area contributed by atoms with Crippen molar-refractivity contribution in [2.24, 2.45) is 0 Å². The van der Waals surface area contributed by atoms with Crippen molar-refractivity contribution in [1.29, 1.82) is 0 Å². The van der Waals surface area contributed by atoms with Crippen LogP contribution in [0.1, 0.15) is 45.1 Å². The van der Waals surface area contributed by atoms with Crippen molar-refractivity contribution in [3.8, 4) is 0 Å². The third-order valence-corrected chi connectivity index (χ3v) is 6.47. The average Bonchev–Trinajstić information content (AvgIpc) is 3.12. The van der Waals surface area contributed by atoms with E-state index in [0.29, 0.717) is 5.76 Å². The lowest BCUT2D eigenvalue weighted by Gasteiger charge is -2.27. The second kappa shape index (κ2) is 6.80. The Hall–Kier alpha value is -3.47. The number of furan rings is 1. The van der Waals surface area contributed by atoms with Gasteiger partial charge in [-0.25, -0.2) is 8.42 Å². The Balaban J connectivity index is 1.63. The summed E-state index contributed by atoms with van der Waals surface area (Å²) in [5, 5.41) is 2.12. The Labute approximate surface area is 171 Å². The number of imide groups is 2. The number of sulfonamides is 1. The Morgan fingerprint density at radius 2 is 1.77 bits per heavy atom. The van der Waals surface area contributed by atoms with Crippen molar-refractivity contribution in [2.45, 2.75) is 37.6 Å². The molecule has 1 unspecified atom stereocenters. The molecule has 1 atom stereocenters. The summed E-state index contributed by atoms with van der Waals surface area (Å²) >= 11 is 0. The van der Waals surface area contributed by atoms with Crippen LogP contribution in [-0.4, -0.2) is 43.0 Å². The van der Waals surface area contributed by atoms with Crippen LogP contribution in [0, 0.1) is 13.8 Å². The van der Waals surface area contributed by atoms with E-state index < -0.39 is 39.7 Å². The SMILES string of the molecule is Cc1cc(S(=O)(=O)Nc2ccc3c(c2)C(=O)N(C2CCC(=O)NC2=O)C3=O)c(C)o1. The van der Waals surface area contributed by atoms with Crippen molar-refractivity contribution in [1.82, 2.24) is 10.2 Å². The molecule has 3 heterocycles. The number of aryl methyl sites for hydroxylation is 2. The van der Waals surface area contributed by atoms with Crippen LogP contribution in [-0.2, 0) is 19.6 Å². The minimum Gasteiger partial charge on any atom is -0.465 e. The number of amides is 4. The normalized spacial score (nSPS) is 19.1. The van der Waals surface area contributed by atoms with E-state index in [-0.39, 0.29) is 40.3 Å². The summed E-state index contributed by atoms with van der Waals surface area (Å²) in [4.78, 5) is 49.7. The number of hydrogen-bond donors (Lipinski definition) is 2. The molecule has 11 heteroatoms. The first-order chi connectivity index (χ1) is 14.1. The highest BCUT2D eigenvalue weighted by Crippen LogP contribution is 2.30. The van der Waals surface area contributed by atoms with Crippen LogP contribution in [0.25, 0.3) is 0 Å². The van der Waals surface area contributed by atoms with Gasteiger partial charge in [0.2, 0.25) is 11.8 Å². The maximum absolute atomic E-state index is 12.8. The molecule has 0 bridgehead atoms. The van der Waals surface area contributed by atoms with Crippen LogP contribution in [0.2, 0.25) is 0 Å². The number of rotatable bonds is 4. The lowest BCUT2D eigenvalue weighted by Crippen LogP contribution is -2.54. The topological polar surface area (TPSA) is 143 Å². The second-order valence-corrected chi connectivity index (χ2v) is 8.74. The summed E-state index contributed by atoms with van der Waals surface area (Å²) in [6.45, 7) is 3.14. The van der Waals surface area contributed by atoms with Gasteiger partial charge in [0.05, 0.1) is 11.1 Å². The molecule has 2 N–H and O–H groups in total. The number of fused-ring (bicyclic) bond motifs is 1. The van der Waals surface area contributed by atoms with Crippen molar-refractivity contribution >= 4 is 39.3 Å². The van der Waals surface area contributed by atoms with E-state index in [9.17, 15) is 27.6 Å². The molecule has 2 aromatic rings. The number of benzene rings is 1. The average molecular weight is 431 g/mol. The first kappa shape index (κ1) is 19.8. The van der Waals surface area contributed by atoms with E-state index >= 15 is 0 Å². The van der Waals surface area contributed by atoms with Crippen LogP contribution >= 0.6 is 0 Å². The van der Waals surface area contributed by atoms with E-state index in [0.717, 1.165) is 4.90 Å². The quantitative estimate of drug-likeness (QED) is 0.690. The van der Waals surface area contributed by atoms with Gasteiger partial charge in [-0.15, -0.1) is 0 Å². The van der Waals surface area contributed by atoms with Crippen LogP contribution < -0.4 is 10.0 Å². The highest BCUT2D eigenvalue weighted by molar-refractivity contribution is 7.92. The zero-order valence-electron chi connectivity index (χ0n) is 16.0. The summed E-state index contributed by atoms with van der Waals surface area (Å²) < 4.78 is 32.9. The maximum atomic E-state index is 12.8. The van der Waals surface area contributed by atoms with Crippen LogP contribution in [0.3, 0.4) is 0 Å². The number of carbonyl (C=O) groups excluding carboxylic acids is 4. The predicted octanol–water partition coefficient (Wildman–Crippen LogP) is 1.10. The Bertz CT molecular complexity index is 1230. The molecule has 0 aliphatic carbocycles. The number of nitrogens with zero attached hydrogens (tertiary/aromatic N) is 1. The zero-order chi connectivity index (χ0) is 21.8. The van der Waals surface area contributed by atoms with Gasteiger partial charge in [0, 0.05) is 18.2 Å². The van der Waals surface area contributed by atoms with Gasteiger partial charge in [-0.3, -0.25) is 34.1 Å². The van der Waals surface area contributed by atoms with E-state index in [1.54, 1.807) is 6.92 Å². The predicted molar refractivity (Wildman–Crippen MR) is 102 cm³/mol. The molecule has 1 fully saturated rings. The van der Waals surface area contributed by atoms with Gasteiger partial charge in [-0.2, -0.15) is 0 Å². The van der Waals surface area contributed by atoms with E-state index in [1.165, 1.54) is 31.2 Å². The monoisotopic (exact) mass is 431 g/mol. The third-order valence-electron chi connectivity index (χ3n) is 4.98. The van der Waals surface area contributed by atoms with Gasteiger partial charge in [0.25, 0.3) is 21.8 Å². The molecule has 4 rings (SSSR count). The summed E-state index contributed by atoms with van der Waals surface area (Å²) in [6, 6.07) is 4.22. The molecule has 4 amide bonds. The molecule has 0 spiro atoms. The first-order valence-corrected chi connectivity index (χ1v) is 10.5. The first-order valence-electron chi connectivity index (χ1n) is 9.04. The molecule has 0 radical (unpaired) electrons. The van der Waals surface area contributed by atoms with Gasteiger partial charge >= 0.3 is 0 Å². The molecule has 2 aliphatic heterocycles. The largest absolute Gasteiger partial charge is 0.465 e. The lowest BCUT2D eigenvalue weighted by atomic mass is 10.0. The third kappa shape index (κ3) is 3.16. The molecule has 156 valence electrons. The van der Waals surface area contributed by atoms with Crippen LogP contribution in [0.15, 0.2) is 33.6 Å². The van der Waals surface area contributed by atoms with Crippen molar-refractivity contribution < 1.29 is 32.0 Å². The zero-order valence-corrected chi connectivity index (χ0v) is 16.8. The number of hydrogen-bond acceptors (Lipinski definition) is 7. The fourth-order valence-electron chi connectivity index (χ4n) is 3.62. The summed E-state index contributed by atoms with van der Waals surface area (Å²) in [5.74, 6) is -1.91. The second-order valence-electron chi connectivity index (χ2n) is 7.09. The standard InChI is InChI=1S/C19H17N3O7S/c1-9-7-15(10(2)29-9)30(27,28)21-11-3-4-12-13(8-11)19(26)22(18(12)25)14-5-6-16(23)20-17(14)24/h3-4,7-8,14,21H,5-6H2,1-2H3,(H,20,23,24). The molecular formula is C19H17N3O7S. The fraction of sp³-hybridized carbons (Fsp3) is 0.263. The fourth-order valence-corrected chi connectivity index (χ4v) is 4.91. The molecule has 0 saturated carbocycles. The smallest absolute Gasteiger partial charge is 0.265 e. The molecule has 10 nitrogen and oxygen atoms in total. The Morgan fingerprint density at radius 1 is 1.07 bits per heavy atom. The van der Waals surface area contributed by atoms with E-state index in [2.05, 4.69) is 10.0 Å². The molecule has 1 saturated heterocycles. The Kier molecular flexibility index (Phi) is 4.49. The molecule has 1 aromatic carbocycles. The summed E-state index contributed by atoms with van der Waals surface area (Å²) in [7, 11) is -3.98. The van der Waals surface area contributed by atoms with E-state index in [4.69, 9.17) is 4.42 Å². The summed E-state index contributed by atoms with van der Waals surface area (Å²) in [6.07, 6.45) is 0.0487. The van der Waals surface area contributed by atoms with Gasteiger partial charge in [-0.05, 0) is 38.5 Å². The van der Waals surface area contributed by atoms with Crippen LogP contribution in [0.4, 0.5) is 5.69 Å². The number of piperidine rings is 1. The minimum absolute atomic E-state index is 0.0122. The lowest BCUT2D eigenvalue weighted by molar-refractivity contribution is -0.136. The van der Waals surface area contributed by atoms with Crippen molar-refractivity contribution in [3.05, 3.63) is 46.9 Å². The molecular weight excluding hydrogens is 414 g/mol. The van der Waals surface area contributed by atoms with Gasteiger partial charge in [0.15, 0.2) is 0 Å². The Morgan fingerprint density at radius 3 is 2.40 bits per heavy atom. The van der Waals surface area contributed by atoms with Crippen molar-refractivity contribution in [3.63, 3.8) is 0 Å².